The van der Waals surface area contributed by atoms with Crippen molar-refractivity contribution in [3.63, 3.8) is 0 Å². The van der Waals surface area contributed by atoms with Gasteiger partial charge in [0.1, 0.15) is 4.21 Å². The Balaban J connectivity index is 1.26. The van der Waals surface area contributed by atoms with E-state index < -0.39 is 10.0 Å². The molecule has 1 aromatic rings. The Hall–Kier alpha value is -1.04. The first-order valence-corrected chi connectivity index (χ1v) is 13.7. The van der Waals surface area contributed by atoms with Crippen LogP contribution in [0.4, 0.5) is 0 Å². The van der Waals surface area contributed by atoms with Crippen LogP contribution in [0.3, 0.4) is 0 Å². The van der Waals surface area contributed by atoms with Gasteiger partial charge in [0, 0.05) is 51.4 Å². The molecule has 1 aliphatic carbocycles. The zero-order valence-corrected chi connectivity index (χ0v) is 19.8. The maximum Gasteiger partial charge on any atom is 0.252 e. The number of morpholine rings is 1. The van der Waals surface area contributed by atoms with Crippen molar-refractivity contribution in [2.75, 3.05) is 65.6 Å². The fourth-order valence-corrected chi connectivity index (χ4v) is 7.61. The van der Waals surface area contributed by atoms with E-state index in [2.05, 4.69) is 15.1 Å². The van der Waals surface area contributed by atoms with Crippen molar-refractivity contribution in [1.82, 2.24) is 19.4 Å². The number of rotatable bonds is 7. The van der Waals surface area contributed by atoms with Gasteiger partial charge >= 0.3 is 0 Å². The molecule has 31 heavy (non-hydrogen) atoms. The fourth-order valence-electron chi connectivity index (χ4n) is 5.04. The number of hydrogen-bond donors (Lipinski definition) is 1. The zero-order chi connectivity index (χ0) is 21.7. The summed E-state index contributed by atoms with van der Waals surface area (Å²) >= 11 is 1.25. The fraction of sp³-hybridized carbons (Fsp3) is 0.762. The van der Waals surface area contributed by atoms with E-state index in [1.807, 2.05) is 0 Å². The predicted molar refractivity (Wildman–Crippen MR) is 121 cm³/mol. The van der Waals surface area contributed by atoms with E-state index in [-0.39, 0.29) is 11.4 Å². The van der Waals surface area contributed by atoms with Crippen molar-refractivity contribution in [3.8, 4) is 0 Å². The second kappa shape index (κ2) is 10.3. The van der Waals surface area contributed by atoms with Gasteiger partial charge in [-0.25, -0.2) is 8.42 Å². The van der Waals surface area contributed by atoms with Crippen LogP contribution in [0.2, 0.25) is 0 Å². The summed E-state index contributed by atoms with van der Waals surface area (Å²) in [7, 11) is -3.41. The number of thiophene rings is 1. The smallest absolute Gasteiger partial charge is 0.252 e. The summed E-state index contributed by atoms with van der Waals surface area (Å²) < 4.78 is 32.8. The van der Waals surface area contributed by atoms with Gasteiger partial charge in [0.2, 0.25) is 5.91 Å². The van der Waals surface area contributed by atoms with Crippen LogP contribution in [0.25, 0.3) is 0 Å². The molecule has 3 heterocycles. The summed E-state index contributed by atoms with van der Waals surface area (Å²) in [5.41, 5.74) is 0.0607. The topological polar surface area (TPSA) is 82.2 Å². The van der Waals surface area contributed by atoms with Crippen molar-refractivity contribution in [3.05, 3.63) is 17.5 Å². The lowest BCUT2D eigenvalue weighted by atomic mass is 9.79. The van der Waals surface area contributed by atoms with E-state index in [1.165, 1.54) is 34.9 Å². The number of nitrogens with one attached hydrogen (secondary N) is 1. The number of carbonyl (C=O) groups excluding carboxylic acids is 1. The molecule has 2 saturated heterocycles. The highest BCUT2D eigenvalue weighted by atomic mass is 32.2. The van der Waals surface area contributed by atoms with E-state index in [0.29, 0.717) is 43.5 Å². The van der Waals surface area contributed by atoms with Gasteiger partial charge < -0.3 is 10.1 Å². The van der Waals surface area contributed by atoms with Gasteiger partial charge in [-0.15, -0.1) is 11.3 Å². The van der Waals surface area contributed by atoms with Crippen LogP contribution in [0.1, 0.15) is 32.1 Å². The quantitative estimate of drug-likeness (QED) is 0.645. The van der Waals surface area contributed by atoms with Crippen LogP contribution in [0.5, 0.6) is 0 Å². The standard InChI is InChI=1S/C21H34N4O4S2/c26-19(22-18-21(6-2-1-3-7-21)24-12-14-29-15-13-24)17-23-8-10-25(11-9-23)31(27,28)20-5-4-16-30-20/h4-5,16H,1-3,6-15,17-18H2,(H,22,26). The highest BCUT2D eigenvalue weighted by Crippen LogP contribution is 2.33. The first-order chi connectivity index (χ1) is 15.0. The number of ether oxygens (including phenoxy) is 1. The average molecular weight is 471 g/mol. The number of carbonyl (C=O) groups is 1. The molecule has 1 N–H and O–H groups in total. The molecule has 0 radical (unpaired) electrons. The Morgan fingerprint density at radius 1 is 1.06 bits per heavy atom. The van der Waals surface area contributed by atoms with E-state index >= 15 is 0 Å². The highest BCUT2D eigenvalue weighted by molar-refractivity contribution is 7.91. The van der Waals surface area contributed by atoms with Gasteiger partial charge in [-0.05, 0) is 24.3 Å². The summed E-state index contributed by atoms with van der Waals surface area (Å²) in [5.74, 6) is 0.0350. The minimum absolute atomic E-state index is 0.0350. The van der Waals surface area contributed by atoms with Crippen molar-refractivity contribution in [1.29, 1.82) is 0 Å². The Morgan fingerprint density at radius 2 is 1.77 bits per heavy atom. The second-order valence-corrected chi connectivity index (χ2v) is 11.9. The molecule has 0 aromatic carbocycles. The van der Waals surface area contributed by atoms with E-state index in [0.717, 1.165) is 39.1 Å². The van der Waals surface area contributed by atoms with Gasteiger partial charge in [0.15, 0.2) is 0 Å². The third-order valence-electron chi connectivity index (χ3n) is 6.87. The maximum atomic E-state index is 12.7. The van der Waals surface area contributed by atoms with Gasteiger partial charge in [-0.1, -0.05) is 25.3 Å². The molecule has 0 spiro atoms. The first-order valence-electron chi connectivity index (χ1n) is 11.4. The number of sulfonamides is 1. The predicted octanol–water partition coefficient (Wildman–Crippen LogP) is 1.21. The Bertz CT molecular complexity index is 810. The Morgan fingerprint density at radius 3 is 2.42 bits per heavy atom. The largest absolute Gasteiger partial charge is 0.379 e. The molecule has 0 unspecified atom stereocenters. The molecule has 10 heteroatoms. The zero-order valence-electron chi connectivity index (χ0n) is 18.1. The molecule has 1 aromatic heterocycles. The van der Waals surface area contributed by atoms with Crippen LogP contribution in [-0.4, -0.2) is 99.5 Å². The van der Waals surface area contributed by atoms with Crippen molar-refractivity contribution < 1.29 is 17.9 Å². The van der Waals surface area contributed by atoms with Crippen LogP contribution in [0.15, 0.2) is 21.7 Å². The number of nitrogens with zero attached hydrogens (tertiary/aromatic N) is 3. The molecular weight excluding hydrogens is 436 g/mol. The number of hydrogen-bond acceptors (Lipinski definition) is 7. The van der Waals surface area contributed by atoms with E-state index in [4.69, 9.17) is 4.74 Å². The normalized spacial score (nSPS) is 24.1. The lowest BCUT2D eigenvalue weighted by Crippen LogP contribution is -2.60. The maximum absolute atomic E-state index is 12.7. The summed E-state index contributed by atoms with van der Waals surface area (Å²) in [6.07, 6.45) is 5.97. The van der Waals surface area contributed by atoms with Crippen molar-refractivity contribution in [2.45, 2.75) is 41.9 Å². The first kappa shape index (κ1) is 23.1. The van der Waals surface area contributed by atoms with E-state index in [1.54, 1.807) is 17.5 Å². The Labute approximate surface area is 189 Å². The molecule has 8 nitrogen and oxygen atoms in total. The summed E-state index contributed by atoms with van der Waals surface area (Å²) in [6.45, 7) is 6.44. The monoisotopic (exact) mass is 470 g/mol. The highest BCUT2D eigenvalue weighted by Gasteiger charge is 2.39. The molecule has 0 atom stereocenters. The van der Waals surface area contributed by atoms with Gasteiger partial charge in [-0.2, -0.15) is 4.31 Å². The van der Waals surface area contributed by atoms with Crippen molar-refractivity contribution >= 4 is 27.3 Å². The van der Waals surface area contributed by atoms with Crippen LogP contribution in [0, 0.1) is 0 Å². The average Bonchev–Trinajstić information content (AvgIpc) is 3.35. The van der Waals surface area contributed by atoms with Crippen LogP contribution < -0.4 is 5.32 Å². The van der Waals surface area contributed by atoms with E-state index in [9.17, 15) is 13.2 Å². The van der Waals surface area contributed by atoms with Crippen LogP contribution >= 0.6 is 11.3 Å². The molecule has 3 aliphatic rings. The molecule has 3 fully saturated rings. The minimum Gasteiger partial charge on any atom is -0.379 e. The third kappa shape index (κ3) is 5.48. The minimum atomic E-state index is -3.41. The van der Waals surface area contributed by atoms with Crippen LogP contribution in [-0.2, 0) is 19.6 Å². The van der Waals surface area contributed by atoms with Crippen molar-refractivity contribution in [2.24, 2.45) is 0 Å². The molecule has 174 valence electrons. The summed E-state index contributed by atoms with van der Waals surface area (Å²) in [4.78, 5) is 17.3. The summed E-state index contributed by atoms with van der Waals surface area (Å²) in [5, 5.41) is 4.99. The second-order valence-electron chi connectivity index (χ2n) is 8.77. The third-order valence-corrected chi connectivity index (χ3v) is 10.1. The SMILES string of the molecule is O=C(CN1CCN(S(=O)(=O)c2cccs2)CC1)NCC1(N2CCOCC2)CCCCC1. The lowest BCUT2D eigenvalue weighted by Gasteiger charge is -2.48. The molecular formula is C21H34N4O4S2. The molecule has 2 aliphatic heterocycles. The van der Waals surface area contributed by atoms with Gasteiger partial charge in [0.25, 0.3) is 10.0 Å². The number of amides is 1. The Kier molecular flexibility index (Phi) is 7.66. The van der Waals surface area contributed by atoms with Gasteiger partial charge in [0.05, 0.1) is 19.8 Å². The van der Waals surface area contributed by atoms with Gasteiger partial charge in [-0.3, -0.25) is 14.6 Å². The number of piperazine rings is 1. The lowest BCUT2D eigenvalue weighted by molar-refractivity contribution is -0.123. The summed E-state index contributed by atoms with van der Waals surface area (Å²) in [6, 6.07) is 3.41. The molecule has 4 rings (SSSR count). The molecule has 1 amide bonds. The molecule has 0 bridgehead atoms. The molecule has 1 saturated carbocycles.